The molecule has 1 aliphatic heterocycles. The summed E-state index contributed by atoms with van der Waals surface area (Å²) in [6.45, 7) is 4.68. The Hall–Kier alpha value is -2.59. The Labute approximate surface area is 152 Å². The van der Waals surface area contributed by atoms with Crippen molar-refractivity contribution in [2.24, 2.45) is 0 Å². The lowest BCUT2D eigenvalue weighted by Crippen LogP contribution is -2.35. The quantitative estimate of drug-likeness (QED) is 0.848. The highest BCUT2D eigenvalue weighted by Crippen LogP contribution is 2.29. The molecule has 1 N–H and O–H groups in total. The van der Waals surface area contributed by atoms with Crippen molar-refractivity contribution in [2.45, 2.75) is 12.8 Å². The summed E-state index contributed by atoms with van der Waals surface area (Å²) in [5, 5.41) is 3.37. The molecule has 0 unspecified atom stereocenters. The second kappa shape index (κ2) is 7.53. The molecule has 2 amide bonds. The molecule has 0 saturated heterocycles. The van der Waals surface area contributed by atoms with Crippen LogP contribution in [0.3, 0.4) is 0 Å². The third-order valence-corrected chi connectivity index (χ3v) is 4.46. The van der Waals surface area contributed by atoms with Crippen LogP contribution < -0.4 is 10.2 Å². The first-order chi connectivity index (χ1) is 12.1. The van der Waals surface area contributed by atoms with Crippen LogP contribution in [0.2, 0.25) is 5.02 Å². The number of anilines is 1. The normalized spacial score (nSPS) is 13.1. The highest BCUT2D eigenvalue weighted by Gasteiger charge is 2.24. The third kappa shape index (κ3) is 3.74. The maximum atomic E-state index is 12.8. The Morgan fingerprint density at radius 1 is 1.16 bits per heavy atom. The van der Waals surface area contributed by atoms with Crippen LogP contribution in [0.15, 0.2) is 55.1 Å². The molecule has 0 spiro atoms. The van der Waals surface area contributed by atoms with Crippen LogP contribution in [-0.4, -0.2) is 24.9 Å². The van der Waals surface area contributed by atoms with Gasteiger partial charge < -0.3 is 10.2 Å². The van der Waals surface area contributed by atoms with E-state index in [9.17, 15) is 9.59 Å². The van der Waals surface area contributed by atoms with Gasteiger partial charge in [0.05, 0.1) is 0 Å². The summed E-state index contributed by atoms with van der Waals surface area (Å²) < 4.78 is 0. The average Bonchev–Trinajstić information content (AvgIpc) is 2.65. The molecule has 1 heterocycles. The highest BCUT2D eigenvalue weighted by molar-refractivity contribution is 6.30. The number of rotatable bonds is 4. The van der Waals surface area contributed by atoms with Gasteiger partial charge in [-0.3, -0.25) is 9.59 Å². The monoisotopic (exact) mass is 354 g/mol. The Bertz CT molecular complexity index is 815. The van der Waals surface area contributed by atoms with E-state index in [4.69, 9.17) is 11.6 Å². The van der Waals surface area contributed by atoms with Crippen LogP contribution in [0.1, 0.15) is 32.7 Å². The van der Waals surface area contributed by atoms with Gasteiger partial charge in [0.15, 0.2) is 0 Å². The molecule has 5 heteroatoms. The molecule has 0 atom stereocenters. The smallest absolute Gasteiger partial charge is 0.258 e. The molecule has 128 valence electrons. The lowest BCUT2D eigenvalue weighted by molar-refractivity contribution is 0.0956. The standard InChI is InChI=1S/C20H19ClN2O2/c1-2-11-22-19(24)16-7-10-18-15(13-16)4-3-12-23(18)20(25)14-5-8-17(21)9-6-14/h2,5-10,13H,1,3-4,11-12H2,(H,22,24). The van der Waals surface area contributed by atoms with Gasteiger partial charge >= 0.3 is 0 Å². The number of fused-ring (bicyclic) bond motifs is 1. The number of amides is 2. The summed E-state index contributed by atoms with van der Waals surface area (Å²) in [4.78, 5) is 26.7. The van der Waals surface area contributed by atoms with Gasteiger partial charge in [-0.1, -0.05) is 17.7 Å². The van der Waals surface area contributed by atoms with E-state index in [2.05, 4.69) is 11.9 Å². The first kappa shape index (κ1) is 17.2. The van der Waals surface area contributed by atoms with Crippen molar-refractivity contribution in [3.05, 3.63) is 76.8 Å². The van der Waals surface area contributed by atoms with Gasteiger partial charge in [-0.25, -0.2) is 0 Å². The first-order valence-electron chi connectivity index (χ1n) is 8.19. The number of carbonyl (C=O) groups excluding carboxylic acids is 2. The van der Waals surface area contributed by atoms with Gasteiger partial charge in [0.1, 0.15) is 0 Å². The van der Waals surface area contributed by atoms with Gasteiger partial charge in [0.2, 0.25) is 0 Å². The summed E-state index contributed by atoms with van der Waals surface area (Å²) in [5.41, 5.74) is 3.08. The molecule has 2 aromatic rings. The molecule has 0 saturated carbocycles. The van der Waals surface area contributed by atoms with E-state index in [1.54, 1.807) is 41.3 Å². The number of nitrogens with one attached hydrogen (secondary N) is 1. The minimum atomic E-state index is -0.135. The van der Waals surface area contributed by atoms with Gasteiger partial charge in [-0.2, -0.15) is 0 Å². The van der Waals surface area contributed by atoms with E-state index in [0.29, 0.717) is 29.2 Å². The molecule has 2 aromatic carbocycles. The molecule has 4 nitrogen and oxygen atoms in total. The molecule has 1 aliphatic rings. The second-order valence-corrected chi connectivity index (χ2v) is 6.35. The number of carbonyl (C=O) groups is 2. The van der Waals surface area contributed by atoms with Gasteiger partial charge in [-0.15, -0.1) is 6.58 Å². The van der Waals surface area contributed by atoms with Crippen molar-refractivity contribution in [3.8, 4) is 0 Å². The van der Waals surface area contributed by atoms with Crippen molar-refractivity contribution >= 4 is 29.1 Å². The van der Waals surface area contributed by atoms with Crippen LogP contribution in [0, 0.1) is 0 Å². The lowest BCUT2D eigenvalue weighted by Gasteiger charge is -2.30. The maximum Gasteiger partial charge on any atom is 0.258 e. The topological polar surface area (TPSA) is 49.4 Å². The van der Waals surface area contributed by atoms with Crippen LogP contribution in [0.5, 0.6) is 0 Å². The molecule has 0 fully saturated rings. The summed E-state index contributed by atoms with van der Waals surface area (Å²) >= 11 is 5.90. The fourth-order valence-corrected chi connectivity index (χ4v) is 3.09. The van der Waals surface area contributed by atoms with Crippen LogP contribution in [0.4, 0.5) is 5.69 Å². The van der Waals surface area contributed by atoms with Crippen molar-refractivity contribution in [3.63, 3.8) is 0 Å². The zero-order chi connectivity index (χ0) is 17.8. The number of benzene rings is 2. The van der Waals surface area contributed by atoms with Crippen molar-refractivity contribution in [1.29, 1.82) is 0 Å². The van der Waals surface area contributed by atoms with Crippen molar-refractivity contribution < 1.29 is 9.59 Å². The SMILES string of the molecule is C=CCNC(=O)c1ccc2c(c1)CCCN2C(=O)c1ccc(Cl)cc1. The average molecular weight is 355 g/mol. The Kier molecular flexibility index (Phi) is 5.19. The van der Waals surface area contributed by atoms with E-state index >= 15 is 0 Å². The van der Waals surface area contributed by atoms with E-state index in [0.717, 1.165) is 24.1 Å². The molecule has 0 radical (unpaired) electrons. The summed E-state index contributed by atoms with van der Waals surface area (Å²) in [5.74, 6) is -0.190. The van der Waals surface area contributed by atoms with Crippen molar-refractivity contribution in [1.82, 2.24) is 5.32 Å². The summed E-state index contributed by atoms with van der Waals surface area (Å²) in [7, 11) is 0. The Morgan fingerprint density at radius 3 is 2.60 bits per heavy atom. The Balaban J connectivity index is 1.86. The minimum absolute atomic E-state index is 0.0542. The van der Waals surface area contributed by atoms with Crippen LogP contribution >= 0.6 is 11.6 Å². The van der Waals surface area contributed by atoms with Gasteiger partial charge in [-0.05, 0) is 60.9 Å². The van der Waals surface area contributed by atoms with Crippen molar-refractivity contribution in [2.75, 3.05) is 18.0 Å². The largest absolute Gasteiger partial charge is 0.349 e. The third-order valence-electron chi connectivity index (χ3n) is 4.20. The Morgan fingerprint density at radius 2 is 1.88 bits per heavy atom. The molecule has 0 aliphatic carbocycles. The van der Waals surface area contributed by atoms with E-state index in [1.807, 2.05) is 12.1 Å². The second-order valence-electron chi connectivity index (χ2n) is 5.91. The molecule has 3 rings (SSSR count). The van der Waals surface area contributed by atoms with Gasteiger partial charge in [0.25, 0.3) is 11.8 Å². The fraction of sp³-hybridized carbons (Fsp3) is 0.200. The molecule has 0 bridgehead atoms. The highest BCUT2D eigenvalue weighted by atomic mass is 35.5. The number of halogens is 1. The number of nitrogens with zero attached hydrogens (tertiary/aromatic N) is 1. The number of hydrogen-bond donors (Lipinski definition) is 1. The minimum Gasteiger partial charge on any atom is -0.349 e. The number of hydrogen-bond acceptors (Lipinski definition) is 2. The summed E-state index contributed by atoms with van der Waals surface area (Å²) in [6.07, 6.45) is 3.36. The predicted octanol–water partition coefficient (Wildman–Crippen LogP) is 3.85. The van der Waals surface area contributed by atoms with Crippen LogP contribution in [-0.2, 0) is 6.42 Å². The number of aryl methyl sites for hydroxylation is 1. The molecule has 25 heavy (non-hydrogen) atoms. The zero-order valence-electron chi connectivity index (χ0n) is 13.8. The van der Waals surface area contributed by atoms with Crippen LogP contribution in [0.25, 0.3) is 0 Å². The van der Waals surface area contributed by atoms with E-state index in [-0.39, 0.29) is 11.8 Å². The molecular weight excluding hydrogens is 336 g/mol. The lowest BCUT2D eigenvalue weighted by atomic mass is 9.98. The fourth-order valence-electron chi connectivity index (χ4n) is 2.96. The summed E-state index contributed by atoms with van der Waals surface area (Å²) in [6, 6.07) is 12.4. The maximum absolute atomic E-state index is 12.8. The van der Waals surface area contributed by atoms with E-state index in [1.165, 1.54) is 0 Å². The molecular formula is C20H19ClN2O2. The molecule has 0 aromatic heterocycles. The van der Waals surface area contributed by atoms with E-state index < -0.39 is 0 Å². The van der Waals surface area contributed by atoms with Gasteiger partial charge in [0, 0.05) is 34.9 Å². The first-order valence-corrected chi connectivity index (χ1v) is 8.57. The zero-order valence-corrected chi connectivity index (χ0v) is 14.6. The predicted molar refractivity (Wildman–Crippen MR) is 100 cm³/mol.